The average molecular weight is 376 g/mol. The van der Waals surface area contributed by atoms with Gasteiger partial charge in [-0.05, 0) is 36.4 Å². The third-order valence-electron chi connectivity index (χ3n) is 4.20. The van der Waals surface area contributed by atoms with Crippen molar-refractivity contribution in [1.82, 2.24) is 5.32 Å². The van der Waals surface area contributed by atoms with Crippen molar-refractivity contribution in [2.45, 2.75) is 0 Å². The van der Waals surface area contributed by atoms with E-state index < -0.39 is 28.8 Å². The summed E-state index contributed by atoms with van der Waals surface area (Å²) in [6.07, 6.45) is 2.17. The van der Waals surface area contributed by atoms with Gasteiger partial charge in [0.05, 0.1) is 16.6 Å². The molecule has 0 spiro atoms. The van der Waals surface area contributed by atoms with Crippen molar-refractivity contribution in [2.24, 2.45) is 0 Å². The number of fused-ring (bicyclic) bond motifs is 1. The fourth-order valence-electron chi connectivity index (χ4n) is 2.86. The first kappa shape index (κ1) is 17.2. The monoisotopic (exact) mass is 376 g/mol. The van der Waals surface area contributed by atoms with Gasteiger partial charge in [-0.2, -0.15) is 0 Å². The molecular weight excluding hydrogens is 364 g/mol. The van der Waals surface area contributed by atoms with Crippen LogP contribution < -0.4 is 15.6 Å². The third kappa shape index (κ3) is 2.82. The van der Waals surface area contributed by atoms with E-state index in [9.17, 15) is 24.3 Å². The van der Waals surface area contributed by atoms with Crippen LogP contribution in [0.2, 0.25) is 0 Å². The zero-order chi connectivity index (χ0) is 19.8. The van der Waals surface area contributed by atoms with Crippen LogP contribution in [-0.2, 0) is 9.59 Å². The molecule has 1 saturated heterocycles. The van der Waals surface area contributed by atoms with Crippen LogP contribution in [0.5, 0.6) is 5.75 Å². The number of anilines is 1. The standard InChI is InChI=1S/C20H12N2O6/c23-13-6-7-16-14(9-13)17(24)11(10-28-16)8-15-18(25)21-20(27)22(19(15)26)12-4-2-1-3-5-12/h1-10,23H,(H,21,25,27)/b15-8-. The molecule has 2 aromatic carbocycles. The first-order chi connectivity index (χ1) is 13.5. The van der Waals surface area contributed by atoms with E-state index in [0.717, 1.165) is 17.2 Å². The van der Waals surface area contributed by atoms with E-state index in [4.69, 9.17) is 4.42 Å². The normalized spacial score (nSPS) is 15.9. The number of imide groups is 2. The number of carbonyl (C=O) groups is 3. The van der Waals surface area contributed by atoms with Crippen LogP contribution in [0.15, 0.2) is 69.6 Å². The molecule has 0 unspecified atom stereocenters. The van der Waals surface area contributed by atoms with E-state index in [2.05, 4.69) is 5.32 Å². The Labute approximate surface area is 157 Å². The van der Waals surface area contributed by atoms with Crippen LogP contribution >= 0.6 is 0 Å². The number of nitrogens with zero attached hydrogens (tertiary/aromatic N) is 1. The summed E-state index contributed by atoms with van der Waals surface area (Å²) < 4.78 is 5.34. The molecule has 0 aliphatic carbocycles. The lowest BCUT2D eigenvalue weighted by molar-refractivity contribution is -0.122. The number of phenolic OH excluding ortho intramolecular Hbond substituents is 1. The Kier molecular flexibility index (Phi) is 4.00. The van der Waals surface area contributed by atoms with E-state index in [1.807, 2.05) is 0 Å². The maximum Gasteiger partial charge on any atom is 0.335 e. The van der Waals surface area contributed by atoms with Gasteiger partial charge in [-0.25, -0.2) is 9.69 Å². The molecule has 3 aromatic rings. The number of amides is 4. The first-order valence-corrected chi connectivity index (χ1v) is 8.17. The lowest BCUT2D eigenvalue weighted by atomic mass is 10.1. The second kappa shape index (κ2) is 6.51. The number of phenols is 1. The highest BCUT2D eigenvalue weighted by Crippen LogP contribution is 2.22. The third-order valence-corrected chi connectivity index (χ3v) is 4.20. The minimum absolute atomic E-state index is 0.0704. The molecule has 0 atom stereocenters. The Hall–Kier alpha value is -4.20. The molecule has 28 heavy (non-hydrogen) atoms. The van der Waals surface area contributed by atoms with Gasteiger partial charge in [-0.3, -0.25) is 19.7 Å². The zero-order valence-electron chi connectivity index (χ0n) is 14.2. The van der Waals surface area contributed by atoms with Crippen molar-refractivity contribution in [3.8, 4) is 5.75 Å². The molecule has 8 nitrogen and oxygen atoms in total. The van der Waals surface area contributed by atoms with E-state index in [1.165, 1.54) is 30.3 Å². The van der Waals surface area contributed by atoms with Crippen LogP contribution in [0.25, 0.3) is 17.0 Å². The average Bonchev–Trinajstić information content (AvgIpc) is 2.68. The number of carbonyl (C=O) groups excluding carboxylic acids is 3. The number of urea groups is 1. The molecule has 1 fully saturated rings. The summed E-state index contributed by atoms with van der Waals surface area (Å²) in [5.74, 6) is -1.91. The van der Waals surface area contributed by atoms with Crippen molar-refractivity contribution < 1.29 is 23.9 Å². The minimum atomic E-state index is -0.919. The number of rotatable bonds is 2. The van der Waals surface area contributed by atoms with E-state index in [1.54, 1.807) is 18.2 Å². The predicted molar refractivity (Wildman–Crippen MR) is 99.6 cm³/mol. The van der Waals surface area contributed by atoms with Gasteiger partial charge in [-0.15, -0.1) is 0 Å². The highest BCUT2D eigenvalue weighted by atomic mass is 16.3. The molecule has 4 rings (SSSR count). The van der Waals surface area contributed by atoms with E-state index in [-0.39, 0.29) is 28.0 Å². The minimum Gasteiger partial charge on any atom is -0.508 e. The summed E-state index contributed by atoms with van der Waals surface area (Å²) in [6, 6.07) is 11.2. The molecule has 0 saturated carbocycles. The maximum atomic E-state index is 12.8. The Morgan fingerprint density at radius 1 is 1.00 bits per heavy atom. The second-order valence-corrected chi connectivity index (χ2v) is 5.99. The Morgan fingerprint density at radius 2 is 1.75 bits per heavy atom. The summed E-state index contributed by atoms with van der Waals surface area (Å²) >= 11 is 0. The van der Waals surface area contributed by atoms with Crippen LogP contribution in [0, 0.1) is 0 Å². The first-order valence-electron chi connectivity index (χ1n) is 8.17. The SMILES string of the molecule is O=C1NC(=O)N(c2ccccc2)C(=O)/C1=C\c1coc2ccc(O)cc2c1=O. The van der Waals surface area contributed by atoms with Crippen molar-refractivity contribution >= 4 is 40.6 Å². The fraction of sp³-hybridized carbons (Fsp3) is 0. The summed E-state index contributed by atoms with van der Waals surface area (Å²) in [5.41, 5.74) is -0.480. The van der Waals surface area contributed by atoms with Gasteiger partial charge in [0, 0.05) is 0 Å². The molecule has 2 heterocycles. The van der Waals surface area contributed by atoms with Crippen LogP contribution in [0.1, 0.15) is 5.56 Å². The van der Waals surface area contributed by atoms with Crippen LogP contribution in [0.4, 0.5) is 10.5 Å². The summed E-state index contributed by atoms with van der Waals surface area (Å²) in [7, 11) is 0. The smallest absolute Gasteiger partial charge is 0.335 e. The largest absolute Gasteiger partial charge is 0.508 e. The molecule has 4 amide bonds. The number of hydrogen-bond acceptors (Lipinski definition) is 6. The van der Waals surface area contributed by atoms with Gasteiger partial charge in [0.15, 0.2) is 5.43 Å². The molecular formula is C20H12N2O6. The fourth-order valence-corrected chi connectivity index (χ4v) is 2.86. The van der Waals surface area contributed by atoms with Gasteiger partial charge in [-0.1, -0.05) is 18.2 Å². The quantitative estimate of drug-likeness (QED) is 0.523. The van der Waals surface area contributed by atoms with Crippen LogP contribution in [-0.4, -0.2) is 23.0 Å². The summed E-state index contributed by atoms with van der Waals surface area (Å²) in [5, 5.41) is 11.8. The molecule has 1 aromatic heterocycles. The predicted octanol–water partition coefficient (Wildman–Crippen LogP) is 2.17. The molecule has 1 aliphatic rings. The Bertz CT molecular complexity index is 1230. The molecule has 138 valence electrons. The summed E-state index contributed by atoms with van der Waals surface area (Å²) in [6.45, 7) is 0. The van der Waals surface area contributed by atoms with Gasteiger partial charge in [0.1, 0.15) is 23.2 Å². The molecule has 1 aliphatic heterocycles. The number of para-hydroxylation sites is 1. The van der Waals surface area contributed by atoms with E-state index >= 15 is 0 Å². The van der Waals surface area contributed by atoms with Gasteiger partial charge in [0.25, 0.3) is 11.8 Å². The molecule has 0 radical (unpaired) electrons. The highest BCUT2D eigenvalue weighted by Gasteiger charge is 2.36. The van der Waals surface area contributed by atoms with Gasteiger partial charge < -0.3 is 9.52 Å². The summed E-state index contributed by atoms with van der Waals surface area (Å²) in [4.78, 5) is 50.6. The van der Waals surface area contributed by atoms with Crippen molar-refractivity contribution in [2.75, 3.05) is 4.90 Å². The van der Waals surface area contributed by atoms with Crippen molar-refractivity contribution in [3.63, 3.8) is 0 Å². The number of barbiturate groups is 1. The second-order valence-electron chi connectivity index (χ2n) is 5.99. The number of aromatic hydroxyl groups is 1. The Morgan fingerprint density at radius 3 is 2.50 bits per heavy atom. The number of nitrogens with one attached hydrogen (secondary N) is 1. The number of hydrogen-bond donors (Lipinski definition) is 2. The van der Waals surface area contributed by atoms with Gasteiger partial charge >= 0.3 is 6.03 Å². The molecule has 2 N–H and O–H groups in total. The molecule has 8 heteroatoms. The van der Waals surface area contributed by atoms with E-state index in [0.29, 0.717) is 0 Å². The number of benzene rings is 2. The lowest BCUT2D eigenvalue weighted by Gasteiger charge is -2.26. The molecule has 0 bridgehead atoms. The van der Waals surface area contributed by atoms with Crippen LogP contribution in [0.3, 0.4) is 0 Å². The highest BCUT2D eigenvalue weighted by molar-refractivity contribution is 6.39. The Balaban J connectivity index is 1.82. The zero-order valence-corrected chi connectivity index (χ0v) is 14.2. The van der Waals surface area contributed by atoms with Gasteiger partial charge in [0.2, 0.25) is 0 Å². The van der Waals surface area contributed by atoms with Crippen molar-refractivity contribution in [3.05, 3.63) is 76.2 Å². The maximum absolute atomic E-state index is 12.8. The van der Waals surface area contributed by atoms with Crippen molar-refractivity contribution in [1.29, 1.82) is 0 Å². The topological polar surface area (TPSA) is 117 Å². The lowest BCUT2D eigenvalue weighted by Crippen LogP contribution is -2.54.